The molecule has 10 heteroatoms. The van der Waals surface area contributed by atoms with Gasteiger partial charge in [-0.05, 0) is 37.9 Å². The fraction of sp³-hybridized carbons (Fsp3) is 0.688. The summed E-state index contributed by atoms with van der Waals surface area (Å²) in [5.74, 6) is 0.468. The fourth-order valence-electron chi connectivity index (χ4n) is 2.38. The zero-order valence-corrected chi connectivity index (χ0v) is 18.5. The Morgan fingerprint density at radius 2 is 1.65 bits per heavy atom. The molecular formula is C16H25Cl3N4OS2. The van der Waals surface area contributed by atoms with Crippen LogP contribution in [0.15, 0.2) is 5.38 Å². The number of thiocarbonyl (C=S) groups is 1. The van der Waals surface area contributed by atoms with Gasteiger partial charge in [-0.2, -0.15) is 0 Å². The number of aromatic nitrogens is 1. The molecular weight excluding hydrogens is 435 g/mol. The van der Waals surface area contributed by atoms with Crippen LogP contribution in [0.5, 0.6) is 0 Å². The lowest BCUT2D eigenvalue weighted by atomic mass is 10.4. The molecule has 2 fully saturated rings. The zero-order chi connectivity index (χ0) is 19.4. The lowest BCUT2D eigenvalue weighted by Gasteiger charge is -2.12. The summed E-state index contributed by atoms with van der Waals surface area (Å²) >= 11 is 22.2. The maximum Gasteiger partial charge on any atom is 0.185 e. The molecule has 0 aliphatic carbocycles. The summed E-state index contributed by atoms with van der Waals surface area (Å²) < 4.78 is 0. The van der Waals surface area contributed by atoms with Gasteiger partial charge < -0.3 is 15.5 Å². The van der Waals surface area contributed by atoms with Crippen LogP contribution in [-0.2, 0) is 10.7 Å². The molecule has 0 atom stereocenters. The highest BCUT2D eigenvalue weighted by atomic mass is 35.5. The Hall–Kier alpha value is -0.340. The molecule has 0 spiro atoms. The van der Waals surface area contributed by atoms with Gasteiger partial charge in [-0.15, -0.1) is 46.1 Å². The van der Waals surface area contributed by atoms with Crippen molar-refractivity contribution in [1.82, 2.24) is 9.88 Å². The maximum atomic E-state index is 9.92. The molecule has 0 saturated carbocycles. The molecule has 1 aromatic rings. The first kappa shape index (κ1) is 23.7. The van der Waals surface area contributed by atoms with Gasteiger partial charge in [0.05, 0.1) is 23.3 Å². The molecule has 5 nitrogen and oxygen atoms in total. The lowest BCUT2D eigenvalue weighted by Crippen LogP contribution is -2.32. The van der Waals surface area contributed by atoms with Gasteiger partial charge in [0.1, 0.15) is 0 Å². The Morgan fingerprint density at radius 1 is 1.12 bits per heavy atom. The first-order valence-corrected chi connectivity index (χ1v) is 11.3. The molecule has 1 aromatic heterocycles. The molecule has 148 valence electrons. The lowest BCUT2D eigenvalue weighted by molar-refractivity contribution is -0.114. The van der Waals surface area contributed by atoms with Crippen LogP contribution in [0.25, 0.3) is 0 Å². The van der Waals surface area contributed by atoms with E-state index in [0.29, 0.717) is 11.0 Å². The summed E-state index contributed by atoms with van der Waals surface area (Å²) in [6.07, 6.45) is 5.10. The average Bonchev–Trinajstić information content (AvgIpc) is 3.43. The fourth-order valence-corrected chi connectivity index (χ4v) is 3.96. The Morgan fingerprint density at radius 3 is 2.00 bits per heavy atom. The summed E-state index contributed by atoms with van der Waals surface area (Å²) in [5.41, 5.74) is 6.36. The Balaban J connectivity index is 0.000000211. The van der Waals surface area contributed by atoms with E-state index in [1.165, 1.54) is 25.7 Å². The van der Waals surface area contributed by atoms with Crippen LogP contribution in [0.4, 0.5) is 5.13 Å². The molecule has 0 aromatic carbocycles. The number of carbonyl (C=O) groups is 1. The van der Waals surface area contributed by atoms with Crippen molar-refractivity contribution in [2.24, 2.45) is 5.73 Å². The second-order valence-electron chi connectivity index (χ2n) is 5.79. The van der Waals surface area contributed by atoms with Crippen molar-refractivity contribution in [3.63, 3.8) is 0 Å². The summed E-state index contributed by atoms with van der Waals surface area (Å²) in [6.45, 7) is 4.45. The van der Waals surface area contributed by atoms with Crippen LogP contribution in [-0.4, -0.2) is 58.7 Å². The molecule has 0 unspecified atom stereocenters. The highest BCUT2D eigenvalue weighted by molar-refractivity contribution is 7.80. The minimum absolute atomic E-state index is 0.0312. The SMILES string of the molecule is ClCc1csc(N2CCCC2)n1.NC(=S)N1CCCC1.O=C(CCl)CCl. The number of thiazole rings is 1. The quantitative estimate of drug-likeness (QED) is 0.545. The number of nitrogens with zero attached hydrogens (tertiary/aromatic N) is 3. The molecule has 0 bridgehead atoms. The summed E-state index contributed by atoms with van der Waals surface area (Å²) in [7, 11) is 0. The van der Waals surface area contributed by atoms with Gasteiger partial charge in [0, 0.05) is 31.6 Å². The summed E-state index contributed by atoms with van der Waals surface area (Å²) in [5, 5.41) is 3.74. The predicted molar refractivity (Wildman–Crippen MR) is 117 cm³/mol. The third-order valence-corrected chi connectivity index (χ3v) is 5.85. The number of carbonyl (C=O) groups excluding carboxylic acids is 1. The largest absolute Gasteiger partial charge is 0.376 e. The van der Waals surface area contributed by atoms with E-state index < -0.39 is 0 Å². The van der Waals surface area contributed by atoms with E-state index >= 15 is 0 Å². The third-order valence-electron chi connectivity index (χ3n) is 3.77. The van der Waals surface area contributed by atoms with E-state index in [4.69, 9.17) is 52.8 Å². The van der Waals surface area contributed by atoms with E-state index in [2.05, 4.69) is 9.88 Å². The van der Waals surface area contributed by atoms with E-state index in [1.807, 2.05) is 10.3 Å². The van der Waals surface area contributed by atoms with Gasteiger partial charge >= 0.3 is 0 Å². The monoisotopic (exact) mass is 458 g/mol. The van der Waals surface area contributed by atoms with Crippen LogP contribution in [0.1, 0.15) is 31.4 Å². The molecule has 0 amide bonds. The van der Waals surface area contributed by atoms with E-state index in [1.54, 1.807) is 11.3 Å². The van der Waals surface area contributed by atoms with Crippen molar-refractivity contribution < 1.29 is 4.79 Å². The number of ketones is 1. The molecule has 2 aliphatic rings. The summed E-state index contributed by atoms with van der Waals surface area (Å²) in [6, 6.07) is 0. The average molecular weight is 460 g/mol. The van der Waals surface area contributed by atoms with E-state index in [9.17, 15) is 4.79 Å². The van der Waals surface area contributed by atoms with Crippen LogP contribution < -0.4 is 10.6 Å². The Kier molecular flexibility index (Phi) is 12.6. The van der Waals surface area contributed by atoms with Gasteiger partial charge in [-0.1, -0.05) is 0 Å². The molecule has 2 aliphatic heterocycles. The molecule has 3 rings (SSSR count). The maximum absolute atomic E-state index is 9.92. The van der Waals surface area contributed by atoms with Gasteiger partial charge in [0.25, 0.3) is 0 Å². The number of halogens is 3. The minimum Gasteiger partial charge on any atom is -0.376 e. The van der Waals surface area contributed by atoms with Gasteiger partial charge in [-0.25, -0.2) is 4.98 Å². The van der Waals surface area contributed by atoms with Crippen molar-refractivity contribution in [3.05, 3.63) is 11.1 Å². The van der Waals surface area contributed by atoms with Crippen LogP contribution >= 0.6 is 58.4 Å². The number of hydrogen-bond acceptors (Lipinski definition) is 5. The van der Waals surface area contributed by atoms with E-state index in [-0.39, 0.29) is 17.5 Å². The van der Waals surface area contributed by atoms with Crippen LogP contribution in [0.2, 0.25) is 0 Å². The highest BCUT2D eigenvalue weighted by Crippen LogP contribution is 2.24. The van der Waals surface area contributed by atoms with Crippen molar-refractivity contribution in [3.8, 4) is 0 Å². The molecule has 2 saturated heterocycles. The van der Waals surface area contributed by atoms with Gasteiger partial charge in [0.2, 0.25) is 0 Å². The standard InChI is InChI=1S/C8H11ClN2S.C5H10N2S.C3H4Cl2O/c9-5-7-6-12-8(10-7)11-3-1-2-4-11;6-5(8)7-3-1-2-4-7;4-1-3(6)2-5/h6H,1-5H2;1-4H2,(H2,6,8);1-2H2. The molecule has 2 N–H and O–H groups in total. The predicted octanol–water partition coefficient (Wildman–Crippen LogP) is 3.84. The number of alkyl halides is 3. The number of rotatable bonds is 4. The van der Waals surface area contributed by atoms with Crippen LogP contribution in [0, 0.1) is 0 Å². The Bertz CT molecular complexity index is 541. The number of hydrogen-bond donors (Lipinski definition) is 1. The first-order valence-electron chi connectivity index (χ1n) is 8.45. The number of Topliss-reactive ketones (excluding diaryl/α,β-unsaturated/α-hetero) is 1. The van der Waals surface area contributed by atoms with Gasteiger partial charge in [-0.3, -0.25) is 4.79 Å². The van der Waals surface area contributed by atoms with E-state index in [0.717, 1.165) is 37.0 Å². The first-order chi connectivity index (χ1) is 12.5. The van der Waals surface area contributed by atoms with Crippen LogP contribution in [0.3, 0.4) is 0 Å². The normalized spacial score (nSPS) is 15.8. The zero-order valence-electron chi connectivity index (χ0n) is 14.6. The number of likely N-dealkylation sites (tertiary alicyclic amines) is 1. The third kappa shape index (κ3) is 9.04. The molecule has 0 radical (unpaired) electrons. The topological polar surface area (TPSA) is 62.5 Å². The molecule has 26 heavy (non-hydrogen) atoms. The Labute approximate surface area is 179 Å². The van der Waals surface area contributed by atoms with Crippen molar-refractivity contribution >= 4 is 74.4 Å². The summed E-state index contributed by atoms with van der Waals surface area (Å²) in [4.78, 5) is 18.7. The molecule has 3 heterocycles. The highest BCUT2D eigenvalue weighted by Gasteiger charge is 2.15. The number of nitrogens with two attached hydrogens (primary N) is 1. The second-order valence-corrected chi connectivity index (χ2v) is 7.84. The second kappa shape index (κ2) is 13.8. The minimum atomic E-state index is -0.127. The number of anilines is 1. The smallest absolute Gasteiger partial charge is 0.185 e. The van der Waals surface area contributed by atoms with Crippen molar-refractivity contribution in [2.45, 2.75) is 31.6 Å². The van der Waals surface area contributed by atoms with Crippen molar-refractivity contribution in [1.29, 1.82) is 0 Å². The van der Waals surface area contributed by atoms with Crippen molar-refractivity contribution in [2.75, 3.05) is 42.8 Å². The van der Waals surface area contributed by atoms with Gasteiger partial charge in [0.15, 0.2) is 16.0 Å².